The molecule has 1 heterocycles. The van der Waals surface area contributed by atoms with Gasteiger partial charge in [-0.2, -0.15) is 0 Å². The summed E-state index contributed by atoms with van der Waals surface area (Å²) in [5.74, 6) is 1.06. The Morgan fingerprint density at radius 1 is 1.38 bits per heavy atom. The summed E-state index contributed by atoms with van der Waals surface area (Å²) in [6.45, 7) is 3.02. The van der Waals surface area contributed by atoms with E-state index in [0.717, 1.165) is 12.8 Å². The van der Waals surface area contributed by atoms with Crippen LogP contribution in [0.4, 0.5) is 0 Å². The summed E-state index contributed by atoms with van der Waals surface area (Å²) in [6.07, 6.45) is 2.13. The molecule has 0 bridgehead atoms. The van der Waals surface area contributed by atoms with E-state index in [0.29, 0.717) is 29.8 Å². The van der Waals surface area contributed by atoms with Crippen molar-refractivity contribution in [3.05, 3.63) is 29.3 Å². The van der Waals surface area contributed by atoms with Gasteiger partial charge in [-0.1, -0.05) is 23.7 Å². The second kappa shape index (κ2) is 6.03. The molecule has 116 valence electrons. The third-order valence-electron chi connectivity index (χ3n) is 4.15. The van der Waals surface area contributed by atoms with Crippen molar-refractivity contribution >= 4 is 29.9 Å². The van der Waals surface area contributed by atoms with Crippen molar-refractivity contribution in [2.75, 3.05) is 13.1 Å². The lowest BCUT2D eigenvalue weighted by molar-refractivity contribution is -0.146. The van der Waals surface area contributed by atoms with Gasteiger partial charge < -0.3 is 15.4 Å². The Morgan fingerprint density at radius 3 is 2.57 bits per heavy atom. The number of amides is 1. The van der Waals surface area contributed by atoms with Crippen LogP contribution in [-0.2, 0) is 4.79 Å². The zero-order valence-corrected chi connectivity index (χ0v) is 13.5. The summed E-state index contributed by atoms with van der Waals surface area (Å²) in [7, 11) is 0. The van der Waals surface area contributed by atoms with Crippen LogP contribution in [0.15, 0.2) is 24.3 Å². The Hall–Kier alpha value is -0.970. The Balaban J connectivity index is 0.00000161. The normalized spacial score (nSPS) is 21.0. The molecule has 4 nitrogen and oxygen atoms in total. The summed E-state index contributed by atoms with van der Waals surface area (Å²) < 4.78 is 5.78. The van der Waals surface area contributed by atoms with Crippen LogP contribution in [0, 0.1) is 5.92 Å². The maximum absolute atomic E-state index is 12.3. The van der Waals surface area contributed by atoms with Gasteiger partial charge in [-0.15, -0.1) is 12.4 Å². The lowest BCUT2D eigenvalue weighted by Crippen LogP contribution is -2.64. The fourth-order valence-corrected chi connectivity index (χ4v) is 2.78. The van der Waals surface area contributed by atoms with Crippen LogP contribution in [0.25, 0.3) is 0 Å². The van der Waals surface area contributed by atoms with Crippen LogP contribution in [0.5, 0.6) is 5.75 Å². The smallest absolute Gasteiger partial charge is 0.242 e. The zero-order valence-electron chi connectivity index (χ0n) is 11.9. The highest BCUT2D eigenvalue weighted by atomic mass is 35.5. The lowest BCUT2D eigenvalue weighted by atomic mass is 9.93. The minimum absolute atomic E-state index is 0. The maximum atomic E-state index is 12.3. The Kier molecular flexibility index (Phi) is 4.71. The number of carbonyl (C=O) groups excluding carboxylic acids is 1. The van der Waals surface area contributed by atoms with Gasteiger partial charge in [0.1, 0.15) is 11.9 Å². The number of nitrogens with two attached hydrogens (primary N) is 1. The van der Waals surface area contributed by atoms with Crippen molar-refractivity contribution in [2.24, 2.45) is 11.7 Å². The van der Waals surface area contributed by atoms with Crippen molar-refractivity contribution in [3.63, 3.8) is 0 Å². The number of nitrogens with zero attached hydrogens (tertiary/aromatic N) is 1. The van der Waals surface area contributed by atoms with E-state index < -0.39 is 5.54 Å². The number of carbonyl (C=O) groups is 1. The first-order valence-corrected chi connectivity index (χ1v) is 7.35. The summed E-state index contributed by atoms with van der Waals surface area (Å²) in [4.78, 5) is 14.1. The van der Waals surface area contributed by atoms with Gasteiger partial charge in [0.25, 0.3) is 0 Å². The molecule has 3 rings (SSSR count). The van der Waals surface area contributed by atoms with Crippen molar-refractivity contribution in [1.82, 2.24) is 4.90 Å². The van der Waals surface area contributed by atoms with E-state index in [-0.39, 0.29) is 24.4 Å². The standard InChI is InChI=1S/C15H19ClN2O2.ClH/c1-15(17,10-6-7-10)14(19)18-8-11(9-18)20-13-5-3-2-4-12(13)16;/h2-5,10-11H,6-9,17H2,1H3;1H. The summed E-state index contributed by atoms with van der Waals surface area (Å²) in [5, 5.41) is 0.596. The molecule has 0 spiro atoms. The van der Waals surface area contributed by atoms with Crippen LogP contribution in [-0.4, -0.2) is 35.5 Å². The topological polar surface area (TPSA) is 55.6 Å². The summed E-state index contributed by atoms with van der Waals surface area (Å²) in [5.41, 5.74) is 5.43. The molecule has 21 heavy (non-hydrogen) atoms. The first kappa shape index (κ1) is 16.4. The number of rotatable bonds is 4. The summed E-state index contributed by atoms with van der Waals surface area (Å²) in [6, 6.07) is 7.38. The zero-order chi connectivity index (χ0) is 14.3. The van der Waals surface area contributed by atoms with Crippen molar-refractivity contribution < 1.29 is 9.53 Å². The SMILES string of the molecule is CC(N)(C(=O)N1CC(Oc2ccccc2Cl)C1)C1CC1.Cl. The number of likely N-dealkylation sites (tertiary alicyclic amines) is 1. The second-order valence-corrected chi connectivity index (χ2v) is 6.34. The predicted octanol–water partition coefficient (Wildman–Crippen LogP) is 2.48. The third-order valence-corrected chi connectivity index (χ3v) is 4.46. The van der Waals surface area contributed by atoms with E-state index in [1.165, 1.54) is 0 Å². The van der Waals surface area contributed by atoms with Crippen molar-refractivity contribution in [3.8, 4) is 5.75 Å². The number of benzene rings is 1. The molecule has 1 saturated carbocycles. The highest BCUT2D eigenvalue weighted by Gasteiger charge is 2.48. The molecule has 1 amide bonds. The highest BCUT2D eigenvalue weighted by Crippen LogP contribution is 2.39. The van der Waals surface area contributed by atoms with E-state index in [1.54, 1.807) is 11.0 Å². The average molecular weight is 331 g/mol. The highest BCUT2D eigenvalue weighted by molar-refractivity contribution is 6.32. The van der Waals surface area contributed by atoms with E-state index in [9.17, 15) is 4.79 Å². The minimum Gasteiger partial charge on any atom is -0.485 e. The molecule has 0 aromatic heterocycles. The van der Waals surface area contributed by atoms with Gasteiger partial charge in [0.05, 0.1) is 23.7 Å². The lowest BCUT2D eigenvalue weighted by Gasteiger charge is -2.42. The molecule has 1 atom stereocenters. The van der Waals surface area contributed by atoms with E-state index in [1.807, 2.05) is 25.1 Å². The van der Waals surface area contributed by atoms with Gasteiger partial charge in [-0.05, 0) is 37.8 Å². The molecule has 1 aromatic rings. The Labute approximate surface area is 136 Å². The minimum atomic E-state index is -0.713. The maximum Gasteiger partial charge on any atom is 0.242 e. The van der Waals surface area contributed by atoms with Gasteiger partial charge in [0.15, 0.2) is 0 Å². The predicted molar refractivity (Wildman–Crippen MR) is 85.0 cm³/mol. The van der Waals surface area contributed by atoms with Gasteiger partial charge >= 0.3 is 0 Å². The van der Waals surface area contributed by atoms with Crippen LogP contribution in [0.2, 0.25) is 5.02 Å². The molecule has 6 heteroatoms. The Bertz CT molecular complexity index is 526. The van der Waals surface area contributed by atoms with Gasteiger partial charge in [0.2, 0.25) is 5.91 Å². The molecule has 1 aliphatic carbocycles. The first-order valence-electron chi connectivity index (χ1n) is 6.98. The fourth-order valence-electron chi connectivity index (χ4n) is 2.60. The molecule has 1 saturated heterocycles. The molecule has 1 aromatic carbocycles. The van der Waals surface area contributed by atoms with Crippen LogP contribution in [0.1, 0.15) is 19.8 Å². The van der Waals surface area contributed by atoms with E-state index in [4.69, 9.17) is 22.1 Å². The van der Waals surface area contributed by atoms with E-state index >= 15 is 0 Å². The molecule has 2 N–H and O–H groups in total. The van der Waals surface area contributed by atoms with Gasteiger partial charge in [-0.3, -0.25) is 4.79 Å². The second-order valence-electron chi connectivity index (χ2n) is 5.94. The van der Waals surface area contributed by atoms with E-state index in [2.05, 4.69) is 0 Å². The molecular weight excluding hydrogens is 311 g/mol. The van der Waals surface area contributed by atoms with Crippen LogP contribution in [0.3, 0.4) is 0 Å². The quantitative estimate of drug-likeness (QED) is 0.922. The molecule has 0 radical (unpaired) electrons. The van der Waals surface area contributed by atoms with Crippen molar-refractivity contribution in [2.45, 2.75) is 31.4 Å². The molecule has 2 fully saturated rings. The van der Waals surface area contributed by atoms with Gasteiger partial charge in [-0.25, -0.2) is 0 Å². The van der Waals surface area contributed by atoms with Gasteiger partial charge in [0, 0.05) is 0 Å². The number of hydrogen-bond donors (Lipinski definition) is 1. The number of para-hydroxylation sites is 1. The average Bonchev–Trinajstić information content (AvgIpc) is 3.19. The number of hydrogen-bond acceptors (Lipinski definition) is 3. The monoisotopic (exact) mass is 330 g/mol. The number of ether oxygens (including phenoxy) is 1. The molecule has 1 unspecified atom stereocenters. The Morgan fingerprint density at radius 2 is 2.00 bits per heavy atom. The largest absolute Gasteiger partial charge is 0.485 e. The van der Waals surface area contributed by atoms with Crippen LogP contribution >= 0.6 is 24.0 Å². The number of halogens is 2. The first-order chi connectivity index (χ1) is 9.48. The molecule has 1 aliphatic heterocycles. The molecule has 2 aliphatic rings. The fraction of sp³-hybridized carbons (Fsp3) is 0.533. The third kappa shape index (κ3) is 3.28. The van der Waals surface area contributed by atoms with Crippen LogP contribution < -0.4 is 10.5 Å². The summed E-state index contributed by atoms with van der Waals surface area (Å²) >= 11 is 6.05. The molecular formula is C15H20Cl2N2O2. The van der Waals surface area contributed by atoms with Crippen molar-refractivity contribution in [1.29, 1.82) is 0 Å².